The van der Waals surface area contributed by atoms with Crippen molar-refractivity contribution in [3.05, 3.63) is 12.2 Å². The smallest absolute Gasteiger partial charge is 0.0819 e. The minimum Gasteiger partial charge on any atom is -0.396 e. The zero-order chi connectivity index (χ0) is 7.84. The second kappa shape index (κ2) is 2.59. The number of hydrogen-bond acceptors (Lipinski definition) is 3. The van der Waals surface area contributed by atoms with Crippen molar-refractivity contribution in [3.63, 3.8) is 0 Å². The average molecular weight is 156 g/mol. The number of ether oxygens (including phenoxy) is 1. The fourth-order valence-corrected chi connectivity index (χ4v) is 1.94. The van der Waals surface area contributed by atoms with Crippen LogP contribution in [0, 0.1) is 11.8 Å². The Kier molecular flexibility index (Phi) is 1.71. The first kappa shape index (κ1) is 7.28. The summed E-state index contributed by atoms with van der Waals surface area (Å²) in [5, 5.41) is 17.9. The van der Waals surface area contributed by atoms with Gasteiger partial charge in [-0.05, 0) is 0 Å². The van der Waals surface area contributed by atoms with Crippen LogP contribution in [-0.2, 0) is 4.74 Å². The van der Waals surface area contributed by atoms with Gasteiger partial charge in [-0.3, -0.25) is 0 Å². The molecular formula is C8H12O3. The van der Waals surface area contributed by atoms with Crippen LogP contribution in [0.4, 0.5) is 0 Å². The third-order valence-electron chi connectivity index (χ3n) is 2.62. The van der Waals surface area contributed by atoms with Gasteiger partial charge in [-0.2, -0.15) is 0 Å². The van der Waals surface area contributed by atoms with Gasteiger partial charge in [0.05, 0.1) is 12.2 Å². The molecule has 0 aliphatic carbocycles. The zero-order valence-corrected chi connectivity index (χ0v) is 6.18. The lowest BCUT2D eigenvalue weighted by Gasteiger charge is -2.20. The van der Waals surface area contributed by atoms with Crippen molar-refractivity contribution in [2.75, 3.05) is 13.2 Å². The van der Waals surface area contributed by atoms with Gasteiger partial charge >= 0.3 is 0 Å². The Labute approximate surface area is 65.3 Å². The predicted octanol–water partition coefficient (Wildman–Crippen LogP) is -0.459. The highest BCUT2D eigenvalue weighted by Crippen LogP contribution is 2.38. The molecule has 11 heavy (non-hydrogen) atoms. The number of aliphatic hydroxyl groups is 2. The highest BCUT2D eigenvalue weighted by Gasteiger charge is 2.44. The van der Waals surface area contributed by atoms with E-state index in [0.717, 1.165) is 0 Å². The van der Waals surface area contributed by atoms with Crippen LogP contribution in [0.25, 0.3) is 0 Å². The highest BCUT2D eigenvalue weighted by molar-refractivity contribution is 5.14. The van der Waals surface area contributed by atoms with Crippen LogP contribution in [0.3, 0.4) is 0 Å². The van der Waals surface area contributed by atoms with Crippen molar-refractivity contribution in [1.82, 2.24) is 0 Å². The second-order valence-electron chi connectivity index (χ2n) is 3.14. The van der Waals surface area contributed by atoms with Crippen LogP contribution in [0.15, 0.2) is 12.2 Å². The Morgan fingerprint density at radius 2 is 1.45 bits per heavy atom. The summed E-state index contributed by atoms with van der Waals surface area (Å²) < 4.78 is 5.45. The number of hydrogen-bond donors (Lipinski definition) is 2. The molecule has 0 radical (unpaired) electrons. The minimum atomic E-state index is 0.0437. The molecule has 0 saturated carbocycles. The Hall–Kier alpha value is -0.380. The maximum Gasteiger partial charge on any atom is 0.0819 e. The van der Waals surface area contributed by atoms with Gasteiger partial charge in [0.25, 0.3) is 0 Å². The van der Waals surface area contributed by atoms with Crippen molar-refractivity contribution in [2.24, 2.45) is 11.8 Å². The van der Waals surface area contributed by atoms with Crippen LogP contribution in [0.5, 0.6) is 0 Å². The molecule has 0 amide bonds. The van der Waals surface area contributed by atoms with Crippen molar-refractivity contribution in [2.45, 2.75) is 12.2 Å². The van der Waals surface area contributed by atoms with Crippen molar-refractivity contribution < 1.29 is 14.9 Å². The number of rotatable bonds is 2. The van der Waals surface area contributed by atoms with Crippen LogP contribution in [0.1, 0.15) is 0 Å². The first-order chi connectivity index (χ1) is 5.36. The van der Waals surface area contributed by atoms with E-state index < -0.39 is 0 Å². The fourth-order valence-electron chi connectivity index (χ4n) is 1.94. The van der Waals surface area contributed by atoms with E-state index in [1.165, 1.54) is 0 Å². The third-order valence-corrected chi connectivity index (χ3v) is 2.62. The Balaban J connectivity index is 2.15. The van der Waals surface area contributed by atoms with Gasteiger partial charge in [0, 0.05) is 25.0 Å². The largest absolute Gasteiger partial charge is 0.396 e. The van der Waals surface area contributed by atoms with Crippen LogP contribution in [-0.4, -0.2) is 35.6 Å². The molecule has 3 heteroatoms. The zero-order valence-electron chi connectivity index (χ0n) is 6.18. The summed E-state index contributed by atoms with van der Waals surface area (Å²) in [7, 11) is 0. The van der Waals surface area contributed by atoms with Gasteiger partial charge in [-0.15, -0.1) is 0 Å². The van der Waals surface area contributed by atoms with Crippen molar-refractivity contribution in [1.29, 1.82) is 0 Å². The predicted molar refractivity (Wildman–Crippen MR) is 39.0 cm³/mol. The summed E-state index contributed by atoms with van der Waals surface area (Å²) in [5.74, 6) is 0.213. The van der Waals surface area contributed by atoms with E-state index in [1.807, 2.05) is 12.2 Å². The van der Waals surface area contributed by atoms with Gasteiger partial charge in [0.2, 0.25) is 0 Å². The molecule has 0 spiro atoms. The molecule has 1 fully saturated rings. The van der Waals surface area contributed by atoms with Crippen LogP contribution < -0.4 is 0 Å². The number of aliphatic hydroxyl groups excluding tert-OH is 2. The molecule has 2 aliphatic rings. The van der Waals surface area contributed by atoms with Crippen molar-refractivity contribution in [3.8, 4) is 0 Å². The number of fused-ring (bicyclic) bond motifs is 2. The maximum absolute atomic E-state index is 8.96. The highest BCUT2D eigenvalue weighted by atomic mass is 16.5. The molecule has 0 aromatic rings. The van der Waals surface area contributed by atoms with E-state index in [2.05, 4.69) is 0 Å². The molecule has 2 bridgehead atoms. The molecule has 2 N–H and O–H groups in total. The SMILES string of the molecule is OC[C@H]1[C@H](CO)[C@H]2C=C[C@@H]1O2. The summed E-state index contributed by atoms with van der Waals surface area (Å²) in [5.41, 5.74) is 0. The Morgan fingerprint density at radius 3 is 1.82 bits per heavy atom. The Morgan fingerprint density at radius 1 is 1.00 bits per heavy atom. The van der Waals surface area contributed by atoms with E-state index in [-0.39, 0.29) is 37.3 Å². The summed E-state index contributed by atoms with van der Waals surface area (Å²) in [6.07, 6.45) is 4.03. The first-order valence-corrected chi connectivity index (χ1v) is 3.92. The standard InChI is InChI=1S/C8H12O3/c9-3-5-6(4-10)8-2-1-7(5)11-8/h1-2,5-10H,3-4H2/t5-,6-,7-,8+/m0/s1. The normalized spacial score (nSPS) is 47.1. The molecule has 3 nitrogen and oxygen atoms in total. The first-order valence-electron chi connectivity index (χ1n) is 3.92. The fraction of sp³-hybridized carbons (Fsp3) is 0.750. The molecule has 0 aromatic carbocycles. The van der Waals surface area contributed by atoms with Crippen LogP contribution >= 0.6 is 0 Å². The Bertz CT molecular complexity index is 160. The quantitative estimate of drug-likeness (QED) is 0.532. The molecule has 62 valence electrons. The van der Waals surface area contributed by atoms with Gasteiger partial charge < -0.3 is 14.9 Å². The minimum absolute atomic E-state index is 0.0437. The molecule has 2 aliphatic heterocycles. The topological polar surface area (TPSA) is 49.7 Å². The third kappa shape index (κ3) is 0.922. The van der Waals surface area contributed by atoms with E-state index in [9.17, 15) is 0 Å². The van der Waals surface area contributed by atoms with E-state index >= 15 is 0 Å². The van der Waals surface area contributed by atoms with E-state index in [1.54, 1.807) is 0 Å². The summed E-state index contributed by atoms with van der Waals surface area (Å²) >= 11 is 0. The monoisotopic (exact) mass is 156 g/mol. The molecule has 1 saturated heterocycles. The molecule has 2 rings (SSSR count). The van der Waals surface area contributed by atoms with Crippen molar-refractivity contribution >= 4 is 0 Å². The molecular weight excluding hydrogens is 144 g/mol. The molecule has 4 atom stereocenters. The van der Waals surface area contributed by atoms with Gasteiger partial charge in [-0.1, -0.05) is 12.2 Å². The van der Waals surface area contributed by atoms with Gasteiger partial charge in [0.15, 0.2) is 0 Å². The van der Waals surface area contributed by atoms with E-state index in [4.69, 9.17) is 14.9 Å². The van der Waals surface area contributed by atoms with E-state index in [0.29, 0.717) is 0 Å². The summed E-state index contributed by atoms with van der Waals surface area (Å²) in [4.78, 5) is 0. The maximum atomic E-state index is 8.96. The lowest BCUT2D eigenvalue weighted by molar-refractivity contribution is 0.0910. The summed E-state index contributed by atoms with van der Waals surface area (Å²) in [6.45, 7) is 0.216. The lowest BCUT2D eigenvalue weighted by atomic mass is 9.84. The average Bonchev–Trinajstić information content (AvgIpc) is 2.60. The van der Waals surface area contributed by atoms with Crippen LogP contribution in [0.2, 0.25) is 0 Å². The van der Waals surface area contributed by atoms with Gasteiger partial charge in [0.1, 0.15) is 0 Å². The summed E-state index contributed by atoms with van der Waals surface area (Å²) in [6, 6.07) is 0. The lowest BCUT2D eigenvalue weighted by Crippen LogP contribution is -2.29. The molecule has 0 aromatic heterocycles. The second-order valence-corrected chi connectivity index (χ2v) is 3.14. The van der Waals surface area contributed by atoms with Gasteiger partial charge in [-0.25, -0.2) is 0 Å². The molecule has 2 heterocycles. The molecule has 0 unspecified atom stereocenters.